The Morgan fingerprint density at radius 2 is 2.25 bits per heavy atom. The number of fused-ring (bicyclic) bond motifs is 5. The number of hydrogen-bond donors (Lipinski definition) is 3. The number of hydrogen-bond acceptors (Lipinski definition) is 3. The molecule has 0 radical (unpaired) electrons. The van der Waals surface area contributed by atoms with Crippen molar-refractivity contribution in [2.75, 3.05) is 20.3 Å². The predicted octanol–water partition coefficient (Wildman–Crippen LogP) is 2.42. The normalized spacial score (nSPS) is 12.9. The molecule has 4 rings (SSSR count). The average molecular weight is 324 g/mol. The van der Waals surface area contributed by atoms with E-state index in [0.29, 0.717) is 18.7 Å². The summed E-state index contributed by atoms with van der Waals surface area (Å²) >= 11 is 0. The van der Waals surface area contributed by atoms with Crippen molar-refractivity contribution >= 4 is 16.8 Å². The molecule has 1 aliphatic rings. The molecule has 0 unspecified atom stereocenters. The second-order valence-corrected chi connectivity index (χ2v) is 6.11. The summed E-state index contributed by atoms with van der Waals surface area (Å²) in [5.74, 6) is -0.0407. The van der Waals surface area contributed by atoms with Gasteiger partial charge >= 0.3 is 0 Å². The summed E-state index contributed by atoms with van der Waals surface area (Å²) in [5, 5.41) is 11.3. The summed E-state index contributed by atoms with van der Waals surface area (Å²) in [5.41, 5.74) is 6.41. The number of methoxy groups -OCH3 is 1. The maximum Gasteiger partial charge on any atom is 0.251 e. The van der Waals surface area contributed by atoms with Crippen molar-refractivity contribution < 1.29 is 9.53 Å². The van der Waals surface area contributed by atoms with Gasteiger partial charge in [0, 0.05) is 36.7 Å². The van der Waals surface area contributed by atoms with Crippen LogP contribution in [0.3, 0.4) is 0 Å². The molecule has 6 nitrogen and oxygen atoms in total. The number of nitrogens with zero attached hydrogens (tertiary/aromatic N) is 1. The molecule has 0 fully saturated rings. The second kappa shape index (κ2) is 6.13. The van der Waals surface area contributed by atoms with E-state index >= 15 is 0 Å². The minimum Gasteiger partial charge on any atom is -0.385 e. The molecule has 6 heteroatoms. The van der Waals surface area contributed by atoms with E-state index in [1.165, 1.54) is 11.1 Å². The summed E-state index contributed by atoms with van der Waals surface area (Å²) in [6, 6.07) is 5.83. The molecule has 3 N–H and O–H groups in total. The number of carbonyl (C=O) groups is 1. The first-order valence-corrected chi connectivity index (χ1v) is 8.22. The Morgan fingerprint density at radius 3 is 3.12 bits per heavy atom. The van der Waals surface area contributed by atoms with Gasteiger partial charge in [0.2, 0.25) is 0 Å². The zero-order valence-corrected chi connectivity index (χ0v) is 13.6. The average Bonchev–Trinajstić information content (AvgIpc) is 3.21. The van der Waals surface area contributed by atoms with Crippen molar-refractivity contribution in [3.8, 4) is 11.4 Å². The molecule has 1 aliphatic carbocycles. The standard InChI is InChI=1S/C18H20N4O2/c1-24-8-2-7-19-18(23)11-4-6-15-14(9-11)13-5-3-12-10-20-22-16(12)17(13)21-15/h4,6,9-10,21H,2-3,5,7-8H2,1H3,(H,19,23)(H,20,22). The van der Waals surface area contributed by atoms with Crippen LogP contribution in [-0.2, 0) is 17.6 Å². The molecule has 0 saturated heterocycles. The molecule has 124 valence electrons. The highest BCUT2D eigenvalue weighted by molar-refractivity contribution is 6.00. The van der Waals surface area contributed by atoms with E-state index < -0.39 is 0 Å². The molecule has 0 aliphatic heterocycles. The maximum atomic E-state index is 12.3. The van der Waals surface area contributed by atoms with Gasteiger partial charge in [0.05, 0.1) is 17.6 Å². The Bertz CT molecular complexity index is 894. The lowest BCUT2D eigenvalue weighted by Gasteiger charge is -2.11. The zero-order chi connectivity index (χ0) is 16.5. The third-order valence-corrected chi connectivity index (χ3v) is 4.59. The predicted molar refractivity (Wildman–Crippen MR) is 92.1 cm³/mol. The number of aromatic nitrogens is 3. The lowest BCUT2D eigenvalue weighted by Crippen LogP contribution is -2.25. The van der Waals surface area contributed by atoms with E-state index in [2.05, 4.69) is 20.5 Å². The maximum absolute atomic E-state index is 12.3. The number of aryl methyl sites for hydroxylation is 2. The number of nitrogens with one attached hydrogen (secondary N) is 3. The molecule has 2 aromatic heterocycles. The van der Waals surface area contributed by atoms with Gasteiger partial charge in [-0.15, -0.1) is 0 Å². The van der Waals surface area contributed by atoms with Crippen molar-refractivity contribution in [1.82, 2.24) is 20.5 Å². The van der Waals surface area contributed by atoms with Crippen LogP contribution in [0.1, 0.15) is 27.9 Å². The number of ether oxygens (including phenoxy) is 1. The summed E-state index contributed by atoms with van der Waals surface area (Å²) in [6.07, 6.45) is 4.63. The van der Waals surface area contributed by atoms with Crippen LogP contribution in [0, 0.1) is 0 Å². The van der Waals surface area contributed by atoms with Gasteiger partial charge in [0.15, 0.2) is 0 Å². The highest BCUT2D eigenvalue weighted by Crippen LogP contribution is 2.36. The van der Waals surface area contributed by atoms with Gasteiger partial charge in [-0.25, -0.2) is 0 Å². The summed E-state index contributed by atoms with van der Waals surface area (Å²) < 4.78 is 5.00. The highest BCUT2D eigenvalue weighted by Gasteiger charge is 2.22. The molecule has 3 aromatic rings. The molecular weight excluding hydrogens is 304 g/mol. The SMILES string of the molecule is COCCCNC(=O)c1ccc2[nH]c3c(c2c1)CCc1cn[nH]c1-3. The zero-order valence-electron chi connectivity index (χ0n) is 13.6. The molecule has 0 spiro atoms. The topological polar surface area (TPSA) is 82.8 Å². The van der Waals surface area contributed by atoms with Crippen LogP contribution in [0.15, 0.2) is 24.4 Å². The van der Waals surface area contributed by atoms with Gasteiger partial charge in [0.1, 0.15) is 0 Å². The van der Waals surface area contributed by atoms with Crippen LogP contribution in [0.25, 0.3) is 22.3 Å². The molecule has 0 bridgehead atoms. The number of carbonyl (C=O) groups excluding carboxylic acids is 1. The Balaban J connectivity index is 1.64. The molecule has 0 atom stereocenters. The summed E-state index contributed by atoms with van der Waals surface area (Å²) in [6.45, 7) is 1.27. The van der Waals surface area contributed by atoms with Gasteiger partial charge in [-0.2, -0.15) is 5.10 Å². The van der Waals surface area contributed by atoms with Crippen molar-refractivity contribution in [3.63, 3.8) is 0 Å². The molecule has 1 aromatic carbocycles. The smallest absolute Gasteiger partial charge is 0.251 e. The molecule has 1 amide bonds. The van der Waals surface area contributed by atoms with Gasteiger partial charge in [-0.1, -0.05) is 0 Å². The van der Waals surface area contributed by atoms with Crippen molar-refractivity contribution in [2.24, 2.45) is 0 Å². The van der Waals surface area contributed by atoms with E-state index in [4.69, 9.17) is 4.74 Å². The van der Waals surface area contributed by atoms with E-state index in [9.17, 15) is 4.79 Å². The van der Waals surface area contributed by atoms with E-state index in [-0.39, 0.29) is 5.91 Å². The first-order chi connectivity index (χ1) is 11.8. The van der Waals surface area contributed by atoms with Crippen molar-refractivity contribution in [1.29, 1.82) is 0 Å². The first-order valence-electron chi connectivity index (χ1n) is 8.22. The molecule has 24 heavy (non-hydrogen) atoms. The fourth-order valence-electron chi connectivity index (χ4n) is 3.36. The second-order valence-electron chi connectivity index (χ2n) is 6.11. The third kappa shape index (κ3) is 2.49. The van der Waals surface area contributed by atoms with Crippen LogP contribution in [0.5, 0.6) is 0 Å². The molecule has 2 heterocycles. The highest BCUT2D eigenvalue weighted by atomic mass is 16.5. The minimum atomic E-state index is -0.0407. The Labute approximate surface area is 139 Å². The summed E-state index contributed by atoms with van der Waals surface area (Å²) in [4.78, 5) is 15.8. The first kappa shape index (κ1) is 15.0. The summed E-state index contributed by atoms with van der Waals surface area (Å²) in [7, 11) is 1.66. The van der Waals surface area contributed by atoms with Crippen LogP contribution in [-0.4, -0.2) is 41.3 Å². The number of rotatable bonds is 5. The third-order valence-electron chi connectivity index (χ3n) is 4.59. The number of amides is 1. The van der Waals surface area contributed by atoms with Crippen LogP contribution in [0.2, 0.25) is 0 Å². The Morgan fingerprint density at radius 1 is 1.33 bits per heavy atom. The van der Waals surface area contributed by atoms with Gasteiger partial charge in [-0.3, -0.25) is 9.89 Å². The van der Waals surface area contributed by atoms with Crippen molar-refractivity contribution in [3.05, 3.63) is 41.1 Å². The van der Waals surface area contributed by atoms with E-state index in [1.807, 2.05) is 24.4 Å². The molecular formula is C18H20N4O2. The van der Waals surface area contributed by atoms with Gasteiger partial charge in [-0.05, 0) is 48.6 Å². The monoisotopic (exact) mass is 324 g/mol. The van der Waals surface area contributed by atoms with Crippen molar-refractivity contribution in [2.45, 2.75) is 19.3 Å². The number of H-pyrrole nitrogens is 2. The van der Waals surface area contributed by atoms with Crippen LogP contribution < -0.4 is 5.32 Å². The Hall–Kier alpha value is -2.60. The van der Waals surface area contributed by atoms with E-state index in [0.717, 1.165) is 41.6 Å². The van der Waals surface area contributed by atoms with E-state index in [1.54, 1.807) is 7.11 Å². The quantitative estimate of drug-likeness (QED) is 0.630. The van der Waals surface area contributed by atoms with Gasteiger partial charge < -0.3 is 15.0 Å². The number of aromatic amines is 2. The fraction of sp³-hybridized carbons (Fsp3) is 0.333. The number of benzene rings is 1. The largest absolute Gasteiger partial charge is 0.385 e. The fourth-order valence-corrected chi connectivity index (χ4v) is 3.36. The lowest BCUT2D eigenvalue weighted by molar-refractivity contribution is 0.0948. The Kier molecular flexibility index (Phi) is 3.82. The van der Waals surface area contributed by atoms with Gasteiger partial charge in [0.25, 0.3) is 5.91 Å². The van der Waals surface area contributed by atoms with Crippen LogP contribution >= 0.6 is 0 Å². The van der Waals surface area contributed by atoms with Crippen LogP contribution in [0.4, 0.5) is 0 Å². The lowest BCUT2D eigenvalue weighted by atomic mass is 9.93. The molecule has 0 saturated carbocycles. The minimum absolute atomic E-state index is 0.0407.